The van der Waals surface area contributed by atoms with Gasteiger partial charge < -0.3 is 23.7 Å². The number of nitrogens with zero attached hydrogens (tertiary/aromatic N) is 7. The Morgan fingerprint density at radius 3 is 2.55 bits per heavy atom. The fourth-order valence-corrected chi connectivity index (χ4v) is 9.74. The first-order valence-electron chi connectivity index (χ1n) is 20.2. The minimum Gasteiger partial charge on any atom is -0.461 e. The van der Waals surface area contributed by atoms with Crippen molar-refractivity contribution in [3.63, 3.8) is 0 Å². The number of carbonyl (C=O) groups is 1. The van der Waals surface area contributed by atoms with Gasteiger partial charge >= 0.3 is 12.1 Å². The Morgan fingerprint density at radius 2 is 1.83 bits per heavy atom. The lowest BCUT2D eigenvalue weighted by molar-refractivity contribution is 0.0145. The highest BCUT2D eigenvalue weighted by Crippen LogP contribution is 2.45. The fraction of sp³-hybridized carbons (Fsp3) is 0.558. The second-order valence-electron chi connectivity index (χ2n) is 18.5. The summed E-state index contributed by atoms with van der Waals surface area (Å²) >= 11 is 6.48. The molecule has 2 aromatic carbocycles. The van der Waals surface area contributed by atoms with Gasteiger partial charge in [-0.2, -0.15) is 15.2 Å². The maximum Gasteiger partial charge on any atom is 0.410 e. The number of rotatable bonds is 9. The normalized spacial score (nSPS) is 21.8. The van der Waals surface area contributed by atoms with Crippen molar-refractivity contribution in [1.29, 1.82) is 5.26 Å². The number of halogens is 3. The Balaban J connectivity index is 1.25. The van der Waals surface area contributed by atoms with Crippen LogP contribution in [0.15, 0.2) is 36.5 Å². The van der Waals surface area contributed by atoms with Crippen LogP contribution in [0.25, 0.3) is 32.9 Å². The van der Waals surface area contributed by atoms with E-state index >= 15 is 4.39 Å². The highest BCUT2D eigenvalue weighted by Gasteiger charge is 2.51. The van der Waals surface area contributed by atoms with Gasteiger partial charge in [-0.05, 0) is 82.6 Å². The molecular weight excluding hydrogens is 780 g/mol. The predicted molar refractivity (Wildman–Crippen MR) is 225 cm³/mol. The van der Waals surface area contributed by atoms with Crippen molar-refractivity contribution in [2.45, 2.75) is 115 Å². The van der Waals surface area contributed by atoms with Crippen LogP contribution in [-0.4, -0.2) is 102 Å². The predicted octanol–water partition coefficient (Wildman–Crippen LogP) is 9.51. The number of anilines is 1. The molecule has 15 heteroatoms. The molecule has 3 aliphatic heterocycles. The van der Waals surface area contributed by atoms with Crippen LogP contribution < -0.4 is 9.64 Å². The number of aromatic nitrogens is 3. The van der Waals surface area contributed by atoms with Crippen LogP contribution in [-0.2, 0) is 9.16 Å². The monoisotopic (exact) mass is 833 g/mol. The van der Waals surface area contributed by atoms with Gasteiger partial charge in [0.15, 0.2) is 14.1 Å². The maximum absolute atomic E-state index is 17.1. The number of hydrogen-bond donors (Lipinski definition) is 0. The molecule has 3 atom stereocenters. The Bertz CT molecular complexity index is 2260. The molecule has 0 radical (unpaired) electrons. The third-order valence-electron chi connectivity index (χ3n) is 12.5. The lowest BCUT2D eigenvalue weighted by Crippen LogP contribution is -2.56. The van der Waals surface area contributed by atoms with E-state index in [4.69, 9.17) is 35.5 Å². The Hall–Kier alpha value is -4.16. The summed E-state index contributed by atoms with van der Waals surface area (Å²) in [6.07, 6.45) is 4.97. The molecule has 58 heavy (non-hydrogen) atoms. The average molecular weight is 834 g/mol. The number of hydrogen-bond acceptors (Lipinski definition) is 10. The first-order chi connectivity index (χ1) is 27.3. The van der Waals surface area contributed by atoms with E-state index in [-0.39, 0.29) is 58.4 Å². The summed E-state index contributed by atoms with van der Waals surface area (Å²) in [4.78, 5) is 33.5. The number of pyridine rings is 1. The van der Waals surface area contributed by atoms with Gasteiger partial charge in [0, 0.05) is 49.4 Å². The lowest BCUT2D eigenvalue weighted by atomic mass is 9.95. The average Bonchev–Trinajstić information content (AvgIpc) is 3.73. The number of nitriles is 1. The van der Waals surface area contributed by atoms with Crippen molar-refractivity contribution in [3.05, 3.63) is 53.2 Å². The highest BCUT2D eigenvalue weighted by atomic mass is 35.5. The van der Waals surface area contributed by atoms with E-state index in [1.54, 1.807) is 49.9 Å². The summed E-state index contributed by atoms with van der Waals surface area (Å²) in [6, 6.07) is 10.0. The largest absolute Gasteiger partial charge is 0.461 e. The molecule has 0 N–H and O–H groups in total. The molecule has 310 valence electrons. The van der Waals surface area contributed by atoms with E-state index in [0.29, 0.717) is 47.3 Å². The Morgan fingerprint density at radius 1 is 1.05 bits per heavy atom. The second-order valence-corrected chi connectivity index (χ2v) is 23.7. The van der Waals surface area contributed by atoms with Crippen molar-refractivity contribution in [3.8, 4) is 23.3 Å². The number of fused-ring (bicyclic) bond motifs is 3. The van der Waals surface area contributed by atoms with Crippen LogP contribution in [0, 0.1) is 23.0 Å². The van der Waals surface area contributed by atoms with Crippen molar-refractivity contribution in [2.75, 3.05) is 44.3 Å². The minimum atomic E-state index is -1.94. The third-order valence-corrected chi connectivity index (χ3v) is 17.4. The molecule has 3 fully saturated rings. The van der Waals surface area contributed by atoms with E-state index < -0.39 is 37.7 Å². The molecule has 3 aliphatic rings. The number of carbonyl (C=O) groups excluding carboxylic acids is 1. The number of benzene rings is 2. The van der Waals surface area contributed by atoms with Gasteiger partial charge in [0.25, 0.3) is 0 Å². The number of amides is 1. The van der Waals surface area contributed by atoms with Crippen molar-refractivity contribution in [1.82, 2.24) is 24.8 Å². The quantitative estimate of drug-likeness (QED) is 0.151. The van der Waals surface area contributed by atoms with Gasteiger partial charge in [-0.25, -0.2) is 13.6 Å². The molecule has 4 aromatic rings. The molecule has 0 spiro atoms. The summed E-state index contributed by atoms with van der Waals surface area (Å²) in [5.74, 6) is -0.981. The summed E-state index contributed by atoms with van der Waals surface area (Å²) in [5.41, 5.74) is -0.690. The first-order valence-corrected chi connectivity index (χ1v) is 23.5. The molecule has 11 nitrogen and oxygen atoms in total. The summed E-state index contributed by atoms with van der Waals surface area (Å²) in [7, 11) is -1.94. The third kappa shape index (κ3) is 8.07. The maximum atomic E-state index is 17.1. The summed E-state index contributed by atoms with van der Waals surface area (Å²) in [6.45, 7) is 19.4. The molecule has 0 saturated carbocycles. The molecule has 3 saturated heterocycles. The molecule has 2 aromatic heterocycles. The Labute approximate surface area is 345 Å². The van der Waals surface area contributed by atoms with Crippen LogP contribution in [0.5, 0.6) is 6.01 Å². The van der Waals surface area contributed by atoms with E-state index in [1.807, 2.05) is 4.90 Å². The summed E-state index contributed by atoms with van der Waals surface area (Å²) < 4.78 is 50.9. The van der Waals surface area contributed by atoms with Crippen molar-refractivity contribution in [2.24, 2.45) is 0 Å². The van der Waals surface area contributed by atoms with Crippen LogP contribution in [0.3, 0.4) is 0 Å². The van der Waals surface area contributed by atoms with Crippen molar-refractivity contribution < 1.29 is 27.5 Å². The van der Waals surface area contributed by atoms with E-state index in [1.165, 1.54) is 12.3 Å². The zero-order chi connectivity index (χ0) is 41.8. The molecular formula is C43H54ClF2N7O4Si. The SMILES string of the molecule is CC(C)(C)OC(=O)N1CCN(c2nc(OCC34CCCN3C(CO[Si](C)(C)C(C)(C)C)CC4)nc3c(F)c(-c4cccc5ccc(F)c(Cl)c45)ncc23)C[C@@H]1CC#N. The molecule has 0 aliphatic carbocycles. The molecule has 5 heterocycles. The lowest BCUT2D eigenvalue weighted by Gasteiger charge is -2.41. The van der Waals surface area contributed by atoms with E-state index in [2.05, 4.69) is 49.8 Å². The van der Waals surface area contributed by atoms with Crippen LogP contribution in [0.4, 0.5) is 19.4 Å². The van der Waals surface area contributed by atoms with Gasteiger partial charge in [0.2, 0.25) is 0 Å². The van der Waals surface area contributed by atoms with Crippen LogP contribution >= 0.6 is 11.6 Å². The van der Waals surface area contributed by atoms with Gasteiger partial charge in [0.05, 0.1) is 34.5 Å². The Kier molecular flexibility index (Phi) is 11.4. The topological polar surface area (TPSA) is 117 Å². The second kappa shape index (κ2) is 15.8. The first kappa shape index (κ1) is 42.0. The van der Waals surface area contributed by atoms with Crippen LogP contribution in [0.2, 0.25) is 23.2 Å². The van der Waals surface area contributed by atoms with E-state index in [9.17, 15) is 14.4 Å². The number of piperazine rings is 1. The zero-order valence-electron chi connectivity index (χ0n) is 34.8. The minimum absolute atomic E-state index is 0.00847. The smallest absolute Gasteiger partial charge is 0.410 e. The zero-order valence-corrected chi connectivity index (χ0v) is 36.6. The van der Waals surface area contributed by atoms with Gasteiger partial charge in [-0.3, -0.25) is 9.88 Å². The standard InChI is InChI=1S/C43H54ClF2N7O4Si/c1-41(2,3)57-40(54)52-22-21-51(24-28(52)16-19-47)38-31-23-48-36(30-12-9-11-27-13-14-32(45)34(44)33(27)30)35(46)37(31)49-39(50-38)55-26-43-17-10-20-53(43)29(15-18-43)25-56-58(7,8)42(4,5)6/h9,11-14,23,28-29H,10,15-18,20-22,24-26H2,1-8H3/t28-,29?,43?/m0/s1. The highest BCUT2D eigenvalue weighted by molar-refractivity contribution is 6.74. The summed E-state index contributed by atoms with van der Waals surface area (Å²) in [5, 5.41) is 11.1. The number of ether oxygens (including phenoxy) is 2. The van der Waals surface area contributed by atoms with E-state index in [0.717, 1.165) is 32.2 Å². The van der Waals surface area contributed by atoms with Crippen LogP contribution in [0.1, 0.15) is 73.6 Å². The van der Waals surface area contributed by atoms with Gasteiger partial charge in [0.1, 0.15) is 35.1 Å². The van der Waals surface area contributed by atoms with Crippen molar-refractivity contribution >= 4 is 53.5 Å². The fourth-order valence-electron chi connectivity index (χ4n) is 8.42. The molecule has 7 rings (SSSR count). The molecule has 2 unspecified atom stereocenters. The van der Waals surface area contributed by atoms with Gasteiger partial charge in [-0.1, -0.05) is 56.6 Å². The van der Waals surface area contributed by atoms with Gasteiger partial charge in [-0.15, -0.1) is 0 Å². The molecule has 0 bridgehead atoms. The molecule has 1 amide bonds.